The van der Waals surface area contributed by atoms with E-state index in [0.29, 0.717) is 0 Å². The van der Waals surface area contributed by atoms with Crippen LogP contribution in [-0.2, 0) is 6.42 Å². The van der Waals surface area contributed by atoms with Gasteiger partial charge in [-0.05, 0) is 42.3 Å². The number of methoxy groups -OCH3 is 1. The van der Waals surface area contributed by atoms with Crippen molar-refractivity contribution in [3.63, 3.8) is 0 Å². The van der Waals surface area contributed by atoms with Crippen molar-refractivity contribution < 1.29 is 4.74 Å². The minimum atomic E-state index is 0.195. The molecular weight excluding hydrogens is 234 g/mol. The van der Waals surface area contributed by atoms with Crippen molar-refractivity contribution in [3.05, 3.63) is 65.2 Å². The van der Waals surface area contributed by atoms with E-state index in [2.05, 4.69) is 48.6 Å². The normalized spacial score (nSPS) is 12.2. The SMILES string of the molecule is CCc1ccc(C(NC)c2cccc(OC)c2)cc1. The van der Waals surface area contributed by atoms with Crippen LogP contribution in [0.15, 0.2) is 48.5 Å². The van der Waals surface area contributed by atoms with E-state index in [1.807, 2.05) is 19.2 Å². The Morgan fingerprint density at radius 2 is 1.79 bits per heavy atom. The van der Waals surface area contributed by atoms with Crippen LogP contribution in [0.1, 0.15) is 29.7 Å². The van der Waals surface area contributed by atoms with Gasteiger partial charge in [0.25, 0.3) is 0 Å². The third-order valence-electron chi connectivity index (χ3n) is 3.44. The third-order valence-corrected chi connectivity index (χ3v) is 3.44. The summed E-state index contributed by atoms with van der Waals surface area (Å²) < 4.78 is 5.29. The molecule has 0 fully saturated rings. The van der Waals surface area contributed by atoms with Crippen molar-refractivity contribution in [1.29, 1.82) is 0 Å². The Morgan fingerprint density at radius 3 is 2.37 bits per heavy atom. The van der Waals surface area contributed by atoms with Crippen LogP contribution < -0.4 is 10.1 Å². The summed E-state index contributed by atoms with van der Waals surface area (Å²) in [5.41, 5.74) is 3.85. The lowest BCUT2D eigenvalue weighted by molar-refractivity contribution is 0.414. The molecule has 1 unspecified atom stereocenters. The lowest BCUT2D eigenvalue weighted by Gasteiger charge is -2.18. The van der Waals surface area contributed by atoms with Crippen LogP contribution in [0.3, 0.4) is 0 Å². The van der Waals surface area contributed by atoms with Gasteiger partial charge < -0.3 is 10.1 Å². The first-order valence-electron chi connectivity index (χ1n) is 6.68. The Morgan fingerprint density at radius 1 is 1.05 bits per heavy atom. The molecule has 2 aromatic carbocycles. The van der Waals surface area contributed by atoms with E-state index < -0.39 is 0 Å². The smallest absolute Gasteiger partial charge is 0.119 e. The maximum atomic E-state index is 5.29. The Bertz CT molecular complexity index is 519. The molecule has 0 saturated heterocycles. The highest BCUT2D eigenvalue weighted by Crippen LogP contribution is 2.25. The molecule has 100 valence electrons. The number of benzene rings is 2. The summed E-state index contributed by atoms with van der Waals surface area (Å²) >= 11 is 0. The van der Waals surface area contributed by atoms with Crippen LogP contribution in [0.4, 0.5) is 0 Å². The fourth-order valence-corrected chi connectivity index (χ4v) is 2.29. The van der Waals surface area contributed by atoms with Gasteiger partial charge in [0.05, 0.1) is 13.2 Å². The molecule has 2 rings (SSSR count). The van der Waals surface area contributed by atoms with Crippen molar-refractivity contribution >= 4 is 0 Å². The summed E-state index contributed by atoms with van der Waals surface area (Å²) in [4.78, 5) is 0. The average Bonchev–Trinajstić information content (AvgIpc) is 2.49. The molecule has 0 amide bonds. The van der Waals surface area contributed by atoms with Crippen LogP contribution in [0, 0.1) is 0 Å². The van der Waals surface area contributed by atoms with Crippen LogP contribution in [0.5, 0.6) is 5.75 Å². The largest absolute Gasteiger partial charge is 0.497 e. The van der Waals surface area contributed by atoms with Crippen LogP contribution in [-0.4, -0.2) is 14.2 Å². The molecule has 1 N–H and O–H groups in total. The minimum Gasteiger partial charge on any atom is -0.497 e. The molecule has 0 spiro atoms. The Labute approximate surface area is 115 Å². The standard InChI is InChI=1S/C17H21NO/c1-4-13-8-10-14(11-9-13)17(18-2)15-6-5-7-16(12-15)19-3/h5-12,17-18H,4H2,1-3H3. The second-order valence-electron chi connectivity index (χ2n) is 4.59. The van der Waals surface area contributed by atoms with Crippen molar-refractivity contribution in [3.8, 4) is 5.75 Å². The molecule has 0 aromatic heterocycles. The maximum absolute atomic E-state index is 5.29. The van der Waals surface area contributed by atoms with Crippen molar-refractivity contribution in [2.24, 2.45) is 0 Å². The molecule has 0 aliphatic carbocycles. The Balaban J connectivity index is 2.31. The first-order chi connectivity index (χ1) is 9.28. The van der Waals surface area contributed by atoms with E-state index in [-0.39, 0.29) is 6.04 Å². The van der Waals surface area contributed by atoms with E-state index in [9.17, 15) is 0 Å². The van der Waals surface area contributed by atoms with E-state index in [1.165, 1.54) is 16.7 Å². The molecular formula is C17H21NO. The van der Waals surface area contributed by atoms with Gasteiger partial charge in [-0.3, -0.25) is 0 Å². The molecule has 19 heavy (non-hydrogen) atoms. The second kappa shape index (κ2) is 6.39. The number of aryl methyl sites for hydroxylation is 1. The fourth-order valence-electron chi connectivity index (χ4n) is 2.29. The summed E-state index contributed by atoms with van der Waals surface area (Å²) in [7, 11) is 3.68. The summed E-state index contributed by atoms with van der Waals surface area (Å²) in [5.74, 6) is 0.892. The fraction of sp³-hybridized carbons (Fsp3) is 0.294. The van der Waals surface area contributed by atoms with Gasteiger partial charge in [-0.1, -0.05) is 43.3 Å². The Kier molecular flexibility index (Phi) is 4.58. The van der Waals surface area contributed by atoms with E-state index in [4.69, 9.17) is 4.74 Å². The summed E-state index contributed by atoms with van der Waals surface area (Å²) in [6.45, 7) is 2.17. The molecule has 0 aliphatic heterocycles. The highest BCUT2D eigenvalue weighted by atomic mass is 16.5. The zero-order chi connectivity index (χ0) is 13.7. The highest BCUT2D eigenvalue weighted by molar-refractivity contribution is 5.37. The lowest BCUT2D eigenvalue weighted by Crippen LogP contribution is -2.17. The van der Waals surface area contributed by atoms with Gasteiger partial charge in [-0.15, -0.1) is 0 Å². The van der Waals surface area contributed by atoms with Crippen LogP contribution in [0.2, 0.25) is 0 Å². The first kappa shape index (κ1) is 13.6. The van der Waals surface area contributed by atoms with Crippen molar-refractivity contribution in [2.45, 2.75) is 19.4 Å². The highest BCUT2D eigenvalue weighted by Gasteiger charge is 2.12. The predicted molar refractivity (Wildman–Crippen MR) is 79.7 cm³/mol. The molecule has 2 nitrogen and oxygen atoms in total. The zero-order valence-corrected chi connectivity index (χ0v) is 11.8. The number of hydrogen-bond donors (Lipinski definition) is 1. The topological polar surface area (TPSA) is 21.3 Å². The molecule has 0 bridgehead atoms. The number of nitrogens with one attached hydrogen (secondary N) is 1. The molecule has 2 heteroatoms. The number of hydrogen-bond acceptors (Lipinski definition) is 2. The van der Waals surface area contributed by atoms with Gasteiger partial charge in [0.2, 0.25) is 0 Å². The molecule has 1 atom stereocenters. The van der Waals surface area contributed by atoms with Gasteiger partial charge in [0.15, 0.2) is 0 Å². The molecule has 0 heterocycles. The van der Waals surface area contributed by atoms with Gasteiger partial charge in [-0.2, -0.15) is 0 Å². The lowest BCUT2D eigenvalue weighted by atomic mass is 9.97. The molecule has 0 aliphatic rings. The average molecular weight is 255 g/mol. The van der Waals surface area contributed by atoms with E-state index in [1.54, 1.807) is 7.11 Å². The first-order valence-corrected chi connectivity index (χ1v) is 6.68. The monoisotopic (exact) mass is 255 g/mol. The molecule has 2 aromatic rings. The summed E-state index contributed by atoms with van der Waals surface area (Å²) in [6.07, 6.45) is 1.07. The van der Waals surface area contributed by atoms with Gasteiger partial charge in [0.1, 0.15) is 5.75 Å². The predicted octanol–water partition coefficient (Wildman–Crippen LogP) is 3.57. The van der Waals surface area contributed by atoms with Crippen LogP contribution >= 0.6 is 0 Å². The van der Waals surface area contributed by atoms with Crippen molar-refractivity contribution in [2.75, 3.05) is 14.2 Å². The van der Waals surface area contributed by atoms with Gasteiger partial charge >= 0.3 is 0 Å². The summed E-state index contributed by atoms with van der Waals surface area (Å²) in [5, 5.41) is 3.37. The quantitative estimate of drug-likeness (QED) is 0.882. The van der Waals surface area contributed by atoms with Gasteiger partial charge in [0, 0.05) is 0 Å². The molecule has 0 saturated carbocycles. The molecule has 0 radical (unpaired) electrons. The number of ether oxygens (including phenoxy) is 1. The van der Waals surface area contributed by atoms with Gasteiger partial charge in [-0.25, -0.2) is 0 Å². The third kappa shape index (κ3) is 3.15. The number of rotatable bonds is 5. The van der Waals surface area contributed by atoms with Crippen molar-refractivity contribution in [1.82, 2.24) is 5.32 Å². The summed E-state index contributed by atoms with van der Waals surface area (Å²) in [6, 6.07) is 17.2. The Hall–Kier alpha value is -1.80. The minimum absolute atomic E-state index is 0.195. The zero-order valence-electron chi connectivity index (χ0n) is 11.8. The van der Waals surface area contributed by atoms with E-state index >= 15 is 0 Å². The maximum Gasteiger partial charge on any atom is 0.119 e. The van der Waals surface area contributed by atoms with Crippen LogP contribution in [0.25, 0.3) is 0 Å². The van der Waals surface area contributed by atoms with E-state index in [0.717, 1.165) is 12.2 Å². The second-order valence-corrected chi connectivity index (χ2v) is 4.59.